The zero-order valence-electron chi connectivity index (χ0n) is 18.6. The van der Waals surface area contributed by atoms with E-state index < -0.39 is 0 Å². The molecule has 146 valence electrons. The standard InChI is InChI=1S/C24H40N2/c1-21(2)15-13-16-22(3,4)25(21)19-11-9-10-12-20-26-23(5,6)17-14-18-24(26,7)8/h13-20H2,1-8H3. The Labute approximate surface area is 163 Å². The van der Waals surface area contributed by atoms with E-state index in [1.165, 1.54) is 38.5 Å². The minimum absolute atomic E-state index is 0.228. The molecule has 0 aliphatic carbocycles. The van der Waals surface area contributed by atoms with Gasteiger partial charge in [-0.3, -0.25) is 9.80 Å². The van der Waals surface area contributed by atoms with Gasteiger partial charge in [0.1, 0.15) is 0 Å². The van der Waals surface area contributed by atoms with Crippen LogP contribution in [0.15, 0.2) is 0 Å². The molecule has 0 aromatic carbocycles. The molecule has 0 radical (unpaired) electrons. The molecule has 0 amide bonds. The predicted octanol–water partition coefficient (Wildman–Crippen LogP) is 5.08. The van der Waals surface area contributed by atoms with Gasteiger partial charge in [-0.15, -0.1) is 0 Å². The van der Waals surface area contributed by atoms with Crippen LogP contribution in [-0.2, 0) is 0 Å². The van der Waals surface area contributed by atoms with Gasteiger partial charge in [0.15, 0.2) is 0 Å². The molecule has 0 saturated carbocycles. The largest absolute Gasteiger partial charge is 0.282 e. The molecule has 2 saturated heterocycles. The molecule has 0 aromatic rings. The highest BCUT2D eigenvalue weighted by molar-refractivity contribution is 5.27. The van der Waals surface area contributed by atoms with Gasteiger partial charge in [0.25, 0.3) is 0 Å². The van der Waals surface area contributed by atoms with Gasteiger partial charge in [0, 0.05) is 22.2 Å². The maximum Gasteiger partial charge on any atom is 0.0621 e. The van der Waals surface area contributed by atoms with Gasteiger partial charge in [0.2, 0.25) is 0 Å². The van der Waals surface area contributed by atoms with E-state index in [1.807, 2.05) is 0 Å². The quantitative estimate of drug-likeness (QED) is 0.637. The second kappa shape index (κ2) is 7.58. The summed E-state index contributed by atoms with van der Waals surface area (Å²) >= 11 is 0. The molecule has 26 heavy (non-hydrogen) atoms. The van der Waals surface area contributed by atoms with Gasteiger partial charge in [-0.05, 0) is 106 Å². The lowest BCUT2D eigenvalue weighted by atomic mass is 9.80. The SMILES string of the molecule is CC1(C)CCCC(C)(C)N1CC#CC#CCN1C(C)(C)CCCC1(C)C. The van der Waals surface area contributed by atoms with Crippen LogP contribution in [-0.4, -0.2) is 45.0 Å². The number of hydrogen-bond donors (Lipinski definition) is 0. The summed E-state index contributed by atoms with van der Waals surface area (Å²) in [5.41, 5.74) is 0.912. The molecule has 0 aromatic heterocycles. The lowest BCUT2D eigenvalue weighted by molar-refractivity contribution is -0.0148. The number of rotatable bonds is 2. The van der Waals surface area contributed by atoms with Crippen molar-refractivity contribution in [3.8, 4) is 23.7 Å². The highest BCUT2D eigenvalue weighted by Crippen LogP contribution is 2.38. The molecule has 2 fully saturated rings. The molecule has 2 aliphatic rings. The second-order valence-electron chi connectivity index (χ2n) is 10.7. The summed E-state index contributed by atoms with van der Waals surface area (Å²) in [6.45, 7) is 20.4. The molecule has 0 N–H and O–H groups in total. The summed E-state index contributed by atoms with van der Waals surface area (Å²) in [7, 11) is 0. The second-order valence-corrected chi connectivity index (χ2v) is 10.7. The van der Waals surface area contributed by atoms with Crippen LogP contribution in [0.3, 0.4) is 0 Å². The summed E-state index contributed by atoms with van der Waals surface area (Å²) in [5.74, 6) is 12.9. The van der Waals surface area contributed by atoms with E-state index in [-0.39, 0.29) is 22.2 Å². The zero-order valence-corrected chi connectivity index (χ0v) is 18.6. The Bertz CT molecular complexity index is 528. The van der Waals surface area contributed by atoms with E-state index in [0.29, 0.717) is 0 Å². The van der Waals surface area contributed by atoms with Crippen LogP contribution in [0.2, 0.25) is 0 Å². The lowest BCUT2D eigenvalue weighted by Crippen LogP contribution is -2.58. The topological polar surface area (TPSA) is 6.48 Å². The van der Waals surface area contributed by atoms with Crippen molar-refractivity contribution in [3.63, 3.8) is 0 Å². The Hall–Kier alpha value is -0.960. The Morgan fingerprint density at radius 2 is 0.808 bits per heavy atom. The Balaban J connectivity index is 1.98. The van der Waals surface area contributed by atoms with Crippen molar-refractivity contribution >= 4 is 0 Å². The molecule has 2 heterocycles. The van der Waals surface area contributed by atoms with Gasteiger partial charge in [0.05, 0.1) is 13.1 Å². The average molecular weight is 357 g/mol. The fraction of sp³-hybridized carbons (Fsp3) is 0.833. The normalized spacial score (nSPS) is 26.9. The van der Waals surface area contributed by atoms with Gasteiger partial charge in [-0.2, -0.15) is 0 Å². The van der Waals surface area contributed by atoms with Crippen molar-refractivity contribution < 1.29 is 0 Å². The zero-order chi connectivity index (χ0) is 19.6. The first-order valence-electron chi connectivity index (χ1n) is 10.4. The van der Waals surface area contributed by atoms with Crippen LogP contribution in [0.5, 0.6) is 0 Å². The fourth-order valence-electron chi connectivity index (χ4n) is 5.27. The smallest absolute Gasteiger partial charge is 0.0621 e. The highest BCUT2D eigenvalue weighted by Gasteiger charge is 2.41. The number of hydrogen-bond acceptors (Lipinski definition) is 2. The molecule has 0 spiro atoms. The molecule has 2 heteroatoms. The summed E-state index contributed by atoms with van der Waals surface area (Å²) < 4.78 is 0. The number of piperidine rings is 2. The van der Waals surface area contributed by atoms with Gasteiger partial charge in [-0.25, -0.2) is 0 Å². The Morgan fingerprint density at radius 3 is 1.08 bits per heavy atom. The van der Waals surface area contributed by atoms with Crippen LogP contribution in [0, 0.1) is 23.7 Å². The predicted molar refractivity (Wildman–Crippen MR) is 113 cm³/mol. The summed E-state index contributed by atoms with van der Waals surface area (Å²) in [5, 5.41) is 0. The first kappa shape index (κ1) is 21.3. The first-order valence-corrected chi connectivity index (χ1v) is 10.4. The van der Waals surface area contributed by atoms with E-state index in [0.717, 1.165) is 13.1 Å². The molecule has 0 unspecified atom stereocenters. The first-order chi connectivity index (χ1) is 11.9. The average Bonchev–Trinajstić information content (AvgIpc) is 2.45. The van der Waals surface area contributed by atoms with Crippen LogP contribution in [0.4, 0.5) is 0 Å². The third-order valence-corrected chi connectivity index (χ3v) is 6.79. The van der Waals surface area contributed by atoms with E-state index >= 15 is 0 Å². The molecule has 2 rings (SSSR count). The van der Waals surface area contributed by atoms with Gasteiger partial charge < -0.3 is 0 Å². The number of likely N-dealkylation sites (tertiary alicyclic amines) is 2. The minimum Gasteiger partial charge on any atom is -0.282 e. The summed E-state index contributed by atoms with van der Waals surface area (Å²) in [6, 6.07) is 0. The van der Waals surface area contributed by atoms with Gasteiger partial charge in [-0.1, -0.05) is 11.8 Å². The number of nitrogens with zero attached hydrogens (tertiary/aromatic N) is 2. The van der Waals surface area contributed by atoms with Crippen molar-refractivity contribution in [2.45, 2.75) is 116 Å². The van der Waals surface area contributed by atoms with Crippen molar-refractivity contribution in [1.82, 2.24) is 9.80 Å². The fourth-order valence-corrected chi connectivity index (χ4v) is 5.27. The van der Waals surface area contributed by atoms with Crippen molar-refractivity contribution in [2.75, 3.05) is 13.1 Å². The van der Waals surface area contributed by atoms with E-state index in [1.54, 1.807) is 0 Å². The van der Waals surface area contributed by atoms with Crippen molar-refractivity contribution in [2.24, 2.45) is 0 Å². The maximum atomic E-state index is 3.33. The van der Waals surface area contributed by atoms with Crippen LogP contribution < -0.4 is 0 Å². The maximum absolute atomic E-state index is 3.33. The monoisotopic (exact) mass is 356 g/mol. The lowest BCUT2D eigenvalue weighted by Gasteiger charge is -2.52. The van der Waals surface area contributed by atoms with Crippen molar-refractivity contribution in [1.29, 1.82) is 0 Å². The molecular weight excluding hydrogens is 316 g/mol. The van der Waals surface area contributed by atoms with Crippen LogP contribution in [0.25, 0.3) is 0 Å². The van der Waals surface area contributed by atoms with Gasteiger partial charge >= 0.3 is 0 Å². The molecule has 2 aliphatic heterocycles. The van der Waals surface area contributed by atoms with E-state index in [9.17, 15) is 0 Å². The molecule has 2 nitrogen and oxygen atoms in total. The van der Waals surface area contributed by atoms with E-state index in [2.05, 4.69) is 88.9 Å². The van der Waals surface area contributed by atoms with E-state index in [4.69, 9.17) is 0 Å². The van der Waals surface area contributed by atoms with Crippen LogP contribution >= 0.6 is 0 Å². The third-order valence-electron chi connectivity index (χ3n) is 6.79. The molecular formula is C24H40N2. The molecule has 0 atom stereocenters. The summed E-state index contributed by atoms with van der Waals surface area (Å²) in [6.07, 6.45) is 7.63. The third kappa shape index (κ3) is 4.85. The highest BCUT2D eigenvalue weighted by atomic mass is 15.3. The Kier molecular flexibility index (Phi) is 6.22. The Morgan fingerprint density at radius 1 is 0.538 bits per heavy atom. The van der Waals surface area contributed by atoms with Crippen LogP contribution in [0.1, 0.15) is 93.9 Å². The van der Waals surface area contributed by atoms with Crippen molar-refractivity contribution in [3.05, 3.63) is 0 Å². The summed E-state index contributed by atoms with van der Waals surface area (Å²) in [4.78, 5) is 5.13. The molecule has 0 bridgehead atoms. The minimum atomic E-state index is 0.228.